The molecule has 0 atom stereocenters. The third-order valence-corrected chi connectivity index (χ3v) is 4.08. The Kier molecular flexibility index (Phi) is 4.51. The van der Waals surface area contributed by atoms with Crippen molar-refractivity contribution in [3.63, 3.8) is 0 Å². The molecule has 0 spiro atoms. The maximum atomic E-state index is 13.7. The fraction of sp³-hybridized carbons (Fsp3) is 0. The molecule has 0 saturated carbocycles. The minimum atomic E-state index is -0.677. The number of carbonyl (C=O) groups is 1. The zero-order valence-electron chi connectivity index (χ0n) is 14.6. The van der Waals surface area contributed by atoms with Crippen LogP contribution >= 0.6 is 0 Å². The number of benzene rings is 1. The summed E-state index contributed by atoms with van der Waals surface area (Å²) in [5.41, 5.74) is 8.81. The Hall–Kier alpha value is -4.07. The average molecular weight is 374 g/mol. The van der Waals surface area contributed by atoms with E-state index in [4.69, 9.17) is 5.73 Å². The van der Waals surface area contributed by atoms with E-state index in [-0.39, 0.29) is 5.56 Å². The van der Waals surface area contributed by atoms with Gasteiger partial charge in [0, 0.05) is 35.9 Å². The summed E-state index contributed by atoms with van der Waals surface area (Å²) in [6.07, 6.45) is 5.76. The molecule has 4 rings (SSSR count). The van der Waals surface area contributed by atoms with Gasteiger partial charge in [-0.05, 0) is 42.5 Å². The largest absolute Gasteiger partial charge is 0.384 e. The predicted molar refractivity (Wildman–Crippen MR) is 103 cm³/mol. The fourth-order valence-electron chi connectivity index (χ4n) is 2.70. The molecule has 138 valence electrons. The van der Waals surface area contributed by atoms with Crippen molar-refractivity contribution >= 4 is 17.4 Å². The second-order valence-corrected chi connectivity index (χ2v) is 5.96. The number of nitrogens with zero attached hydrogens (tertiary/aromatic N) is 4. The molecular formula is C20H15FN6O. The topological polar surface area (TPSA) is 98.7 Å². The Bertz CT molecular complexity index is 1130. The van der Waals surface area contributed by atoms with Crippen LogP contribution in [0.5, 0.6) is 0 Å². The molecule has 0 fully saturated rings. The van der Waals surface area contributed by atoms with E-state index in [2.05, 4.69) is 20.4 Å². The molecule has 0 aliphatic rings. The predicted octanol–water partition coefficient (Wildman–Crippen LogP) is 3.30. The van der Waals surface area contributed by atoms with Crippen molar-refractivity contribution in [1.29, 1.82) is 0 Å². The normalized spacial score (nSPS) is 10.6. The van der Waals surface area contributed by atoms with Crippen LogP contribution in [0.1, 0.15) is 10.4 Å². The summed E-state index contributed by atoms with van der Waals surface area (Å²) in [5, 5.41) is 7.16. The molecule has 7 nitrogen and oxygen atoms in total. The van der Waals surface area contributed by atoms with Gasteiger partial charge in [0.1, 0.15) is 5.82 Å². The number of amides is 1. The summed E-state index contributed by atoms with van der Waals surface area (Å²) in [6, 6.07) is 13.7. The van der Waals surface area contributed by atoms with E-state index in [9.17, 15) is 9.18 Å². The standard InChI is InChI=1S/C20H15FN6O/c21-17-12-24-9-7-16(17)20(28)25-14-3-5-15(6-4-14)27-19(22)10-18(26-27)13-2-1-8-23-11-13/h1-12H,22H2,(H,25,28). The number of anilines is 2. The molecule has 0 saturated heterocycles. The molecule has 28 heavy (non-hydrogen) atoms. The van der Waals surface area contributed by atoms with Crippen LogP contribution in [-0.4, -0.2) is 25.7 Å². The molecule has 0 bridgehead atoms. The van der Waals surface area contributed by atoms with Crippen LogP contribution in [0.2, 0.25) is 0 Å². The molecule has 3 N–H and O–H groups in total. The Labute approximate surface area is 159 Å². The number of halogens is 1. The van der Waals surface area contributed by atoms with Crippen molar-refractivity contribution in [2.75, 3.05) is 11.1 Å². The number of aromatic nitrogens is 4. The average Bonchev–Trinajstić information content (AvgIpc) is 3.11. The van der Waals surface area contributed by atoms with Crippen molar-refractivity contribution in [2.45, 2.75) is 0 Å². The monoisotopic (exact) mass is 374 g/mol. The molecule has 3 heterocycles. The first-order valence-corrected chi connectivity index (χ1v) is 8.39. The number of pyridine rings is 2. The number of rotatable bonds is 4. The molecule has 8 heteroatoms. The van der Waals surface area contributed by atoms with Crippen LogP contribution in [0.4, 0.5) is 15.9 Å². The van der Waals surface area contributed by atoms with Gasteiger partial charge in [0.25, 0.3) is 5.91 Å². The maximum Gasteiger partial charge on any atom is 0.258 e. The van der Waals surface area contributed by atoms with Gasteiger partial charge in [-0.1, -0.05) is 0 Å². The smallest absolute Gasteiger partial charge is 0.258 e. The molecule has 0 aliphatic carbocycles. The third-order valence-electron chi connectivity index (χ3n) is 4.08. The lowest BCUT2D eigenvalue weighted by molar-refractivity contribution is 0.102. The van der Waals surface area contributed by atoms with Gasteiger partial charge in [-0.15, -0.1) is 0 Å². The van der Waals surface area contributed by atoms with E-state index >= 15 is 0 Å². The molecule has 4 aromatic rings. The molecule has 0 aliphatic heterocycles. The van der Waals surface area contributed by atoms with Crippen molar-refractivity contribution in [3.05, 3.63) is 84.7 Å². The van der Waals surface area contributed by atoms with Crippen LogP contribution in [-0.2, 0) is 0 Å². The highest BCUT2D eigenvalue weighted by Gasteiger charge is 2.12. The maximum absolute atomic E-state index is 13.7. The van der Waals surface area contributed by atoms with E-state index in [0.29, 0.717) is 17.2 Å². The van der Waals surface area contributed by atoms with Crippen molar-refractivity contribution in [1.82, 2.24) is 19.7 Å². The van der Waals surface area contributed by atoms with E-state index in [1.165, 1.54) is 12.3 Å². The third kappa shape index (κ3) is 3.43. The number of carbonyl (C=O) groups excluding carboxylic acids is 1. The lowest BCUT2D eigenvalue weighted by Crippen LogP contribution is -2.14. The van der Waals surface area contributed by atoms with Gasteiger partial charge < -0.3 is 11.1 Å². The summed E-state index contributed by atoms with van der Waals surface area (Å²) in [6.45, 7) is 0. The summed E-state index contributed by atoms with van der Waals surface area (Å²) in [4.78, 5) is 19.9. The van der Waals surface area contributed by atoms with Crippen LogP contribution in [0.25, 0.3) is 16.9 Å². The quantitative estimate of drug-likeness (QED) is 0.571. The number of nitrogens with two attached hydrogens (primary N) is 1. The second kappa shape index (κ2) is 7.28. The summed E-state index contributed by atoms with van der Waals surface area (Å²) < 4.78 is 15.3. The highest BCUT2D eigenvalue weighted by molar-refractivity contribution is 6.04. The molecule has 0 unspecified atom stereocenters. The van der Waals surface area contributed by atoms with E-state index in [1.54, 1.807) is 47.4 Å². The first-order chi connectivity index (χ1) is 13.6. The zero-order chi connectivity index (χ0) is 19.5. The highest BCUT2D eigenvalue weighted by Crippen LogP contribution is 2.23. The van der Waals surface area contributed by atoms with Gasteiger partial charge in [-0.2, -0.15) is 5.10 Å². The van der Waals surface area contributed by atoms with Crippen LogP contribution in [0, 0.1) is 5.82 Å². The lowest BCUT2D eigenvalue weighted by Gasteiger charge is -2.08. The van der Waals surface area contributed by atoms with Crippen molar-refractivity contribution < 1.29 is 9.18 Å². The van der Waals surface area contributed by atoms with Gasteiger partial charge in [-0.3, -0.25) is 14.8 Å². The molecule has 1 amide bonds. The zero-order valence-corrected chi connectivity index (χ0v) is 14.6. The molecule has 1 aromatic carbocycles. The summed E-state index contributed by atoms with van der Waals surface area (Å²) >= 11 is 0. The van der Waals surface area contributed by atoms with Gasteiger partial charge in [0.05, 0.1) is 23.1 Å². The van der Waals surface area contributed by atoms with Gasteiger partial charge in [0.2, 0.25) is 0 Å². The first-order valence-electron chi connectivity index (χ1n) is 8.39. The minimum Gasteiger partial charge on any atom is -0.384 e. The Morgan fingerprint density at radius 3 is 2.54 bits per heavy atom. The van der Waals surface area contributed by atoms with Crippen LogP contribution < -0.4 is 11.1 Å². The van der Waals surface area contributed by atoms with Crippen molar-refractivity contribution in [2.24, 2.45) is 0 Å². The highest BCUT2D eigenvalue weighted by atomic mass is 19.1. The summed E-state index contributed by atoms with van der Waals surface area (Å²) in [7, 11) is 0. The number of hydrogen-bond acceptors (Lipinski definition) is 5. The van der Waals surface area contributed by atoms with Crippen LogP contribution in [0.3, 0.4) is 0 Å². The lowest BCUT2D eigenvalue weighted by atomic mass is 10.2. The Morgan fingerprint density at radius 2 is 1.82 bits per heavy atom. The van der Waals surface area contributed by atoms with Gasteiger partial charge in [0.15, 0.2) is 5.82 Å². The number of nitrogen functional groups attached to an aromatic ring is 1. The fourth-order valence-corrected chi connectivity index (χ4v) is 2.70. The Balaban J connectivity index is 1.55. The van der Waals surface area contributed by atoms with Gasteiger partial charge >= 0.3 is 0 Å². The van der Waals surface area contributed by atoms with E-state index in [0.717, 1.165) is 17.4 Å². The molecule has 0 radical (unpaired) electrons. The van der Waals surface area contributed by atoms with Gasteiger partial charge in [-0.25, -0.2) is 9.07 Å². The molecule has 3 aromatic heterocycles. The number of hydrogen-bond donors (Lipinski definition) is 2. The minimum absolute atomic E-state index is 0.0727. The van der Waals surface area contributed by atoms with Crippen LogP contribution in [0.15, 0.2) is 73.3 Å². The summed E-state index contributed by atoms with van der Waals surface area (Å²) in [5.74, 6) is -0.761. The van der Waals surface area contributed by atoms with E-state index in [1.807, 2.05) is 12.1 Å². The first kappa shape index (κ1) is 17.3. The Morgan fingerprint density at radius 1 is 1.04 bits per heavy atom. The SMILES string of the molecule is Nc1cc(-c2cccnc2)nn1-c1ccc(NC(=O)c2ccncc2F)cc1. The van der Waals surface area contributed by atoms with E-state index < -0.39 is 11.7 Å². The van der Waals surface area contributed by atoms with Crippen molar-refractivity contribution in [3.8, 4) is 16.9 Å². The number of nitrogens with one attached hydrogen (secondary N) is 1. The molecular weight excluding hydrogens is 359 g/mol. The second-order valence-electron chi connectivity index (χ2n) is 5.96.